The average molecular weight is 390 g/mol. The van der Waals surface area contributed by atoms with Gasteiger partial charge in [0.15, 0.2) is 6.61 Å². The predicted molar refractivity (Wildman–Crippen MR) is 104 cm³/mol. The van der Waals surface area contributed by atoms with Gasteiger partial charge in [0.2, 0.25) is 5.91 Å². The molecule has 2 fully saturated rings. The van der Waals surface area contributed by atoms with Gasteiger partial charge in [0.05, 0.1) is 23.9 Å². The van der Waals surface area contributed by atoms with E-state index in [0.29, 0.717) is 32.4 Å². The lowest BCUT2D eigenvalue weighted by Gasteiger charge is -2.51. The van der Waals surface area contributed by atoms with Gasteiger partial charge in [-0.15, -0.1) is 0 Å². The highest BCUT2D eigenvalue weighted by Crippen LogP contribution is 2.39. The number of aryl methyl sites for hydroxylation is 1. The van der Waals surface area contributed by atoms with Crippen LogP contribution in [-0.4, -0.2) is 65.4 Å². The third-order valence-corrected chi connectivity index (χ3v) is 5.84. The van der Waals surface area contributed by atoms with Gasteiger partial charge in [-0.05, 0) is 38.3 Å². The van der Waals surface area contributed by atoms with Crippen LogP contribution in [0.15, 0.2) is 24.3 Å². The van der Waals surface area contributed by atoms with Crippen LogP contribution in [0, 0.1) is 6.92 Å². The normalized spacial score (nSPS) is 26.7. The number of benzene rings is 1. The molecule has 2 heterocycles. The SMILES string of the molecule is CC(=O)N[C@H]1COC2(CCN(C(=O)COc3ccccc3C)CC2)C[C@]1(C)O. The van der Waals surface area contributed by atoms with Gasteiger partial charge < -0.3 is 24.8 Å². The summed E-state index contributed by atoms with van der Waals surface area (Å²) in [4.78, 5) is 25.6. The number of likely N-dealkylation sites (tertiary alicyclic amines) is 1. The standard InChI is InChI=1S/C21H30N2O5/c1-15-6-4-5-7-17(15)27-13-19(25)23-10-8-21(9-11-23)14-20(3,26)18(12-28-21)22-16(2)24/h4-7,18,26H,8-14H2,1-3H3,(H,22,24)/t18-,20-/m0/s1. The minimum Gasteiger partial charge on any atom is -0.484 e. The van der Waals surface area contributed by atoms with Crippen LogP contribution < -0.4 is 10.1 Å². The summed E-state index contributed by atoms with van der Waals surface area (Å²) in [6.45, 7) is 6.55. The van der Waals surface area contributed by atoms with Crippen LogP contribution in [-0.2, 0) is 14.3 Å². The van der Waals surface area contributed by atoms with Gasteiger partial charge >= 0.3 is 0 Å². The van der Waals surface area contributed by atoms with E-state index >= 15 is 0 Å². The molecule has 2 N–H and O–H groups in total. The molecule has 0 aromatic heterocycles. The Morgan fingerprint density at radius 3 is 2.61 bits per heavy atom. The van der Waals surface area contributed by atoms with Crippen molar-refractivity contribution in [3.8, 4) is 5.75 Å². The summed E-state index contributed by atoms with van der Waals surface area (Å²) >= 11 is 0. The third kappa shape index (κ3) is 4.64. The number of aliphatic hydroxyl groups is 1. The largest absolute Gasteiger partial charge is 0.484 e. The lowest BCUT2D eigenvalue weighted by Crippen LogP contribution is -2.64. The molecular formula is C21H30N2O5. The van der Waals surface area contributed by atoms with Crippen molar-refractivity contribution in [3.63, 3.8) is 0 Å². The number of para-hydroxylation sites is 1. The Morgan fingerprint density at radius 1 is 1.32 bits per heavy atom. The first-order chi connectivity index (χ1) is 13.2. The minimum atomic E-state index is -1.04. The number of nitrogens with one attached hydrogen (secondary N) is 1. The molecule has 2 atom stereocenters. The minimum absolute atomic E-state index is 0.0149. The molecule has 1 aromatic rings. The van der Waals surface area contributed by atoms with E-state index in [1.807, 2.05) is 31.2 Å². The van der Waals surface area contributed by atoms with Crippen molar-refractivity contribution < 1.29 is 24.2 Å². The summed E-state index contributed by atoms with van der Waals surface area (Å²) in [5.74, 6) is 0.496. The number of piperidine rings is 1. The van der Waals surface area contributed by atoms with Gasteiger partial charge in [0.1, 0.15) is 5.75 Å². The molecule has 7 heteroatoms. The van der Waals surface area contributed by atoms with Gasteiger partial charge in [-0.25, -0.2) is 0 Å². The topological polar surface area (TPSA) is 88.1 Å². The van der Waals surface area contributed by atoms with E-state index in [-0.39, 0.29) is 25.0 Å². The van der Waals surface area contributed by atoms with Gasteiger partial charge in [0, 0.05) is 26.4 Å². The van der Waals surface area contributed by atoms with Crippen LogP contribution in [0.25, 0.3) is 0 Å². The molecule has 2 amide bonds. The Kier molecular flexibility index (Phi) is 5.95. The Labute approximate surface area is 166 Å². The molecule has 1 spiro atoms. The molecule has 28 heavy (non-hydrogen) atoms. The molecule has 1 aromatic carbocycles. The van der Waals surface area contributed by atoms with Gasteiger partial charge in [-0.2, -0.15) is 0 Å². The number of rotatable bonds is 4. The fraction of sp³-hybridized carbons (Fsp3) is 0.619. The Balaban J connectivity index is 1.52. The molecule has 154 valence electrons. The molecular weight excluding hydrogens is 360 g/mol. The van der Waals surface area contributed by atoms with E-state index in [1.165, 1.54) is 6.92 Å². The zero-order valence-electron chi connectivity index (χ0n) is 16.9. The second kappa shape index (κ2) is 8.09. The first-order valence-electron chi connectivity index (χ1n) is 9.80. The molecule has 2 aliphatic rings. The Morgan fingerprint density at radius 2 is 2.00 bits per heavy atom. The first kappa shape index (κ1) is 20.6. The second-order valence-corrected chi connectivity index (χ2v) is 8.22. The van der Waals surface area contributed by atoms with Crippen molar-refractivity contribution in [1.82, 2.24) is 10.2 Å². The summed E-state index contributed by atoms with van der Waals surface area (Å²) in [5.41, 5.74) is -0.490. The number of amides is 2. The summed E-state index contributed by atoms with van der Waals surface area (Å²) in [5, 5.41) is 13.6. The Hall–Kier alpha value is -2.12. The monoisotopic (exact) mass is 390 g/mol. The number of carbonyl (C=O) groups excluding carboxylic acids is 2. The van der Waals surface area contributed by atoms with E-state index in [0.717, 1.165) is 11.3 Å². The van der Waals surface area contributed by atoms with Crippen molar-refractivity contribution >= 4 is 11.8 Å². The van der Waals surface area contributed by atoms with E-state index in [9.17, 15) is 14.7 Å². The van der Waals surface area contributed by atoms with Crippen molar-refractivity contribution in [3.05, 3.63) is 29.8 Å². The highest BCUT2D eigenvalue weighted by atomic mass is 16.5. The highest BCUT2D eigenvalue weighted by Gasteiger charge is 2.49. The summed E-state index contributed by atoms with van der Waals surface area (Å²) in [6, 6.07) is 7.21. The zero-order valence-corrected chi connectivity index (χ0v) is 16.9. The number of carbonyl (C=O) groups is 2. The first-order valence-corrected chi connectivity index (χ1v) is 9.80. The molecule has 2 saturated heterocycles. The third-order valence-electron chi connectivity index (χ3n) is 5.84. The maximum Gasteiger partial charge on any atom is 0.260 e. The Bertz CT molecular complexity index is 725. The number of nitrogens with zero attached hydrogens (tertiary/aromatic N) is 1. The van der Waals surface area contributed by atoms with Crippen molar-refractivity contribution in [2.24, 2.45) is 0 Å². The fourth-order valence-electron chi connectivity index (χ4n) is 4.14. The van der Waals surface area contributed by atoms with Crippen molar-refractivity contribution in [2.45, 2.75) is 57.3 Å². The van der Waals surface area contributed by atoms with Crippen molar-refractivity contribution in [2.75, 3.05) is 26.3 Å². The zero-order chi connectivity index (χ0) is 20.4. The lowest BCUT2D eigenvalue weighted by molar-refractivity contribution is -0.190. The van der Waals surface area contributed by atoms with E-state index < -0.39 is 17.2 Å². The van der Waals surface area contributed by atoms with Gasteiger partial charge in [-0.3, -0.25) is 9.59 Å². The molecule has 0 radical (unpaired) electrons. The van der Waals surface area contributed by atoms with Crippen LogP contribution >= 0.6 is 0 Å². The number of hydrogen-bond donors (Lipinski definition) is 2. The van der Waals surface area contributed by atoms with Crippen LogP contribution in [0.2, 0.25) is 0 Å². The molecule has 2 aliphatic heterocycles. The lowest BCUT2D eigenvalue weighted by atomic mass is 9.75. The molecule has 0 unspecified atom stereocenters. The maximum absolute atomic E-state index is 12.5. The smallest absolute Gasteiger partial charge is 0.260 e. The second-order valence-electron chi connectivity index (χ2n) is 8.22. The quantitative estimate of drug-likeness (QED) is 0.812. The van der Waals surface area contributed by atoms with Crippen LogP contribution in [0.1, 0.15) is 38.7 Å². The fourth-order valence-corrected chi connectivity index (χ4v) is 4.14. The van der Waals surface area contributed by atoms with Gasteiger partial charge in [-0.1, -0.05) is 18.2 Å². The molecule has 3 rings (SSSR count). The van der Waals surface area contributed by atoms with E-state index in [1.54, 1.807) is 11.8 Å². The van der Waals surface area contributed by atoms with E-state index in [4.69, 9.17) is 9.47 Å². The average Bonchev–Trinajstić information content (AvgIpc) is 2.63. The number of hydrogen-bond acceptors (Lipinski definition) is 5. The van der Waals surface area contributed by atoms with Crippen LogP contribution in [0.3, 0.4) is 0 Å². The van der Waals surface area contributed by atoms with Crippen LogP contribution in [0.5, 0.6) is 5.75 Å². The summed E-state index contributed by atoms with van der Waals surface area (Å²) in [7, 11) is 0. The molecule has 0 bridgehead atoms. The summed E-state index contributed by atoms with van der Waals surface area (Å²) in [6.07, 6.45) is 1.75. The van der Waals surface area contributed by atoms with E-state index in [2.05, 4.69) is 5.32 Å². The highest BCUT2D eigenvalue weighted by molar-refractivity contribution is 5.78. The maximum atomic E-state index is 12.5. The van der Waals surface area contributed by atoms with Crippen LogP contribution in [0.4, 0.5) is 0 Å². The summed E-state index contributed by atoms with van der Waals surface area (Å²) < 4.78 is 11.8. The predicted octanol–water partition coefficient (Wildman–Crippen LogP) is 1.41. The number of ether oxygens (including phenoxy) is 2. The van der Waals surface area contributed by atoms with Gasteiger partial charge in [0.25, 0.3) is 5.91 Å². The van der Waals surface area contributed by atoms with Crippen molar-refractivity contribution in [1.29, 1.82) is 0 Å². The molecule has 0 aliphatic carbocycles. The molecule has 0 saturated carbocycles. The molecule has 7 nitrogen and oxygen atoms in total.